The highest BCUT2D eigenvalue weighted by atomic mass is 35.5. The third kappa shape index (κ3) is 5.34. The number of thiazole rings is 1. The van der Waals surface area contributed by atoms with Crippen molar-refractivity contribution in [3.8, 4) is 0 Å². The molecule has 3 rings (SSSR count). The van der Waals surface area contributed by atoms with E-state index in [2.05, 4.69) is 11.9 Å². The Morgan fingerprint density at radius 3 is 2.80 bits per heavy atom. The summed E-state index contributed by atoms with van der Waals surface area (Å²) in [5.74, 6) is 1.33. The van der Waals surface area contributed by atoms with E-state index in [0.717, 1.165) is 34.9 Å². The lowest BCUT2D eigenvalue weighted by atomic mass is 10.1. The molecule has 1 aliphatic rings. The van der Waals surface area contributed by atoms with Crippen LogP contribution in [-0.4, -0.2) is 34.9 Å². The van der Waals surface area contributed by atoms with Crippen LogP contribution < -0.4 is 5.73 Å². The van der Waals surface area contributed by atoms with Crippen molar-refractivity contribution in [3.05, 3.63) is 46.4 Å². The Kier molecular flexibility index (Phi) is 9.24. The van der Waals surface area contributed by atoms with Crippen molar-refractivity contribution in [2.24, 2.45) is 11.7 Å². The van der Waals surface area contributed by atoms with Crippen LogP contribution in [0.5, 0.6) is 0 Å². The largest absolute Gasteiger partial charge is 0.336 e. The molecule has 1 aromatic heterocycles. The van der Waals surface area contributed by atoms with E-state index >= 15 is 0 Å². The van der Waals surface area contributed by atoms with Gasteiger partial charge in [0.05, 0.1) is 16.8 Å². The van der Waals surface area contributed by atoms with E-state index in [1.54, 1.807) is 23.1 Å². The van der Waals surface area contributed by atoms with Crippen molar-refractivity contribution in [3.63, 3.8) is 0 Å². The SMILES string of the molecule is CC1CC(CN)CN1C(=O)c1ccccc1SCc1cscn1.Cl.Cl. The molecule has 1 aliphatic heterocycles. The van der Waals surface area contributed by atoms with Gasteiger partial charge in [-0.1, -0.05) is 12.1 Å². The Hall–Kier alpha value is -0.790. The molecular formula is C17H23Cl2N3OS2. The fourth-order valence-electron chi connectivity index (χ4n) is 2.98. The van der Waals surface area contributed by atoms with Gasteiger partial charge in [0.15, 0.2) is 0 Å². The molecule has 1 amide bonds. The Morgan fingerprint density at radius 1 is 1.40 bits per heavy atom. The first kappa shape index (κ1) is 22.3. The van der Waals surface area contributed by atoms with Gasteiger partial charge in [-0.3, -0.25) is 4.79 Å². The van der Waals surface area contributed by atoms with Gasteiger partial charge < -0.3 is 10.6 Å². The molecule has 0 radical (unpaired) electrons. The number of thioether (sulfide) groups is 1. The number of halogens is 2. The van der Waals surface area contributed by atoms with Gasteiger partial charge in [-0.2, -0.15) is 0 Å². The molecule has 1 aromatic carbocycles. The second-order valence-corrected chi connectivity index (χ2v) is 7.64. The van der Waals surface area contributed by atoms with Crippen molar-refractivity contribution in [1.82, 2.24) is 9.88 Å². The summed E-state index contributed by atoms with van der Waals surface area (Å²) in [7, 11) is 0. The van der Waals surface area contributed by atoms with Gasteiger partial charge in [0.2, 0.25) is 0 Å². The summed E-state index contributed by atoms with van der Waals surface area (Å²) in [5, 5.41) is 2.05. The molecule has 1 saturated heterocycles. The molecule has 0 bridgehead atoms. The minimum absolute atomic E-state index is 0. The number of benzene rings is 1. The van der Waals surface area contributed by atoms with Crippen molar-refractivity contribution >= 4 is 53.8 Å². The van der Waals surface area contributed by atoms with Crippen LogP contribution >= 0.6 is 47.9 Å². The Bertz CT molecular complexity index is 670. The number of hydrogen-bond donors (Lipinski definition) is 1. The highest BCUT2D eigenvalue weighted by molar-refractivity contribution is 7.98. The lowest BCUT2D eigenvalue weighted by molar-refractivity contribution is 0.0740. The third-order valence-electron chi connectivity index (χ3n) is 4.23. The average Bonchev–Trinajstić information content (AvgIpc) is 3.22. The molecule has 2 aromatic rings. The van der Waals surface area contributed by atoms with E-state index in [0.29, 0.717) is 12.5 Å². The fraction of sp³-hybridized carbons (Fsp3) is 0.412. The van der Waals surface area contributed by atoms with Crippen LogP contribution in [0.1, 0.15) is 29.4 Å². The van der Waals surface area contributed by atoms with E-state index in [1.807, 2.05) is 40.1 Å². The second-order valence-electron chi connectivity index (χ2n) is 5.91. The molecule has 25 heavy (non-hydrogen) atoms. The number of nitrogens with zero attached hydrogens (tertiary/aromatic N) is 2. The Labute approximate surface area is 169 Å². The number of rotatable bonds is 5. The van der Waals surface area contributed by atoms with E-state index < -0.39 is 0 Å². The molecule has 2 N–H and O–H groups in total. The predicted molar refractivity (Wildman–Crippen MR) is 110 cm³/mol. The summed E-state index contributed by atoms with van der Waals surface area (Å²) < 4.78 is 0. The van der Waals surface area contributed by atoms with Crippen LogP contribution in [0.4, 0.5) is 0 Å². The van der Waals surface area contributed by atoms with Gasteiger partial charge >= 0.3 is 0 Å². The molecule has 8 heteroatoms. The van der Waals surface area contributed by atoms with E-state index in [-0.39, 0.29) is 36.8 Å². The molecular weight excluding hydrogens is 397 g/mol. The molecule has 4 nitrogen and oxygen atoms in total. The monoisotopic (exact) mass is 419 g/mol. The number of likely N-dealkylation sites (tertiary alicyclic amines) is 1. The van der Waals surface area contributed by atoms with Gasteiger partial charge in [-0.25, -0.2) is 4.98 Å². The highest BCUT2D eigenvalue weighted by Crippen LogP contribution is 2.30. The molecule has 0 aliphatic carbocycles. The number of aromatic nitrogens is 1. The third-order valence-corrected chi connectivity index (χ3v) is 5.97. The summed E-state index contributed by atoms with van der Waals surface area (Å²) in [6.45, 7) is 3.52. The number of nitrogens with two attached hydrogens (primary N) is 1. The maximum Gasteiger partial charge on any atom is 0.255 e. The molecule has 2 heterocycles. The Morgan fingerprint density at radius 2 is 2.16 bits per heavy atom. The standard InChI is InChI=1S/C17H21N3OS2.2ClH/c1-12-6-13(7-18)8-20(12)17(21)15-4-2-3-5-16(15)23-10-14-9-22-11-19-14;;/h2-5,9,11-13H,6-8,10,18H2,1H3;2*1H. The molecule has 0 saturated carbocycles. The van der Waals surface area contributed by atoms with E-state index in [4.69, 9.17) is 5.73 Å². The van der Waals surface area contributed by atoms with Crippen LogP contribution in [0, 0.1) is 5.92 Å². The fourth-order valence-corrected chi connectivity index (χ4v) is 4.59. The van der Waals surface area contributed by atoms with Crippen molar-refractivity contribution in [2.45, 2.75) is 30.0 Å². The van der Waals surface area contributed by atoms with Gasteiger partial charge in [0.25, 0.3) is 5.91 Å². The maximum absolute atomic E-state index is 13.0. The van der Waals surface area contributed by atoms with Gasteiger partial charge in [-0.05, 0) is 37.9 Å². The average molecular weight is 420 g/mol. The minimum atomic E-state index is 0. The molecule has 138 valence electrons. The smallest absolute Gasteiger partial charge is 0.255 e. The molecule has 1 fully saturated rings. The number of amides is 1. The van der Waals surface area contributed by atoms with Crippen LogP contribution in [0.25, 0.3) is 0 Å². The number of hydrogen-bond acceptors (Lipinski definition) is 5. The van der Waals surface area contributed by atoms with E-state index in [9.17, 15) is 4.79 Å². The normalized spacial score (nSPS) is 19.2. The van der Waals surface area contributed by atoms with Crippen molar-refractivity contribution in [1.29, 1.82) is 0 Å². The van der Waals surface area contributed by atoms with Gasteiger partial charge in [0, 0.05) is 28.6 Å². The van der Waals surface area contributed by atoms with Crippen LogP contribution in [0.2, 0.25) is 0 Å². The zero-order chi connectivity index (χ0) is 16.2. The van der Waals surface area contributed by atoms with Gasteiger partial charge in [-0.15, -0.1) is 47.9 Å². The zero-order valence-corrected chi connectivity index (χ0v) is 17.2. The first-order chi connectivity index (χ1) is 11.2. The van der Waals surface area contributed by atoms with Crippen molar-refractivity contribution < 1.29 is 4.79 Å². The highest BCUT2D eigenvalue weighted by Gasteiger charge is 2.32. The van der Waals surface area contributed by atoms with Crippen LogP contribution in [0.3, 0.4) is 0 Å². The number of carbonyl (C=O) groups is 1. The quantitative estimate of drug-likeness (QED) is 0.741. The first-order valence-electron chi connectivity index (χ1n) is 7.79. The molecule has 2 unspecified atom stereocenters. The zero-order valence-electron chi connectivity index (χ0n) is 14.0. The summed E-state index contributed by atoms with van der Waals surface area (Å²) in [4.78, 5) is 20.3. The molecule has 0 spiro atoms. The minimum Gasteiger partial charge on any atom is -0.336 e. The van der Waals surface area contributed by atoms with Crippen molar-refractivity contribution in [2.75, 3.05) is 13.1 Å². The first-order valence-corrected chi connectivity index (χ1v) is 9.71. The summed E-state index contributed by atoms with van der Waals surface area (Å²) in [5.41, 5.74) is 9.46. The predicted octanol–water partition coefficient (Wildman–Crippen LogP) is 4.09. The van der Waals surface area contributed by atoms with Crippen LogP contribution in [0.15, 0.2) is 40.1 Å². The summed E-state index contributed by atoms with van der Waals surface area (Å²) in [6, 6.07) is 8.12. The second kappa shape index (κ2) is 10.4. The van der Waals surface area contributed by atoms with Gasteiger partial charge in [0.1, 0.15) is 0 Å². The van der Waals surface area contributed by atoms with Crippen LogP contribution in [-0.2, 0) is 5.75 Å². The number of carbonyl (C=O) groups excluding carboxylic acids is 1. The van der Waals surface area contributed by atoms with E-state index in [1.165, 1.54) is 0 Å². The summed E-state index contributed by atoms with van der Waals surface area (Å²) >= 11 is 3.27. The topological polar surface area (TPSA) is 59.2 Å². The molecule has 2 atom stereocenters. The lowest BCUT2D eigenvalue weighted by Crippen LogP contribution is -2.34. The maximum atomic E-state index is 13.0. The lowest BCUT2D eigenvalue weighted by Gasteiger charge is -2.22. The Balaban J connectivity index is 0.00000156. The summed E-state index contributed by atoms with van der Waals surface area (Å²) in [6.07, 6.45) is 0.996.